The first-order valence-electron chi connectivity index (χ1n) is 4.56. The van der Waals surface area contributed by atoms with Crippen molar-refractivity contribution in [2.24, 2.45) is 0 Å². The fourth-order valence-electron chi connectivity index (χ4n) is 1.07. The van der Waals surface area contributed by atoms with Crippen molar-refractivity contribution in [3.8, 4) is 5.75 Å². The Bertz CT molecular complexity index is 305. The normalized spacial score (nSPS) is 12.4. The van der Waals surface area contributed by atoms with Crippen molar-refractivity contribution in [1.82, 2.24) is 0 Å². The van der Waals surface area contributed by atoms with Gasteiger partial charge in [0.1, 0.15) is 12.0 Å². The van der Waals surface area contributed by atoms with Gasteiger partial charge in [-0.15, -0.1) is 0 Å². The second-order valence-corrected chi connectivity index (χ2v) is 2.54. The van der Waals surface area contributed by atoms with Crippen molar-refractivity contribution in [1.29, 1.82) is 0 Å². The molecule has 70 valence electrons. The van der Waals surface area contributed by atoms with Gasteiger partial charge in [0.25, 0.3) is 0 Å². The lowest BCUT2D eigenvalue weighted by molar-refractivity contribution is 0.471. The molecule has 1 aromatic carbocycles. The van der Waals surface area contributed by atoms with Gasteiger partial charge in [-0.1, -0.05) is 26.0 Å². The topological polar surface area (TPSA) is 21.3 Å². The summed E-state index contributed by atoms with van der Waals surface area (Å²) in [6.45, 7) is 5.97. The van der Waals surface area contributed by atoms with E-state index in [0.717, 1.165) is 17.1 Å². The molecule has 0 aliphatic carbocycles. The van der Waals surface area contributed by atoms with E-state index >= 15 is 0 Å². The summed E-state index contributed by atoms with van der Waals surface area (Å²) >= 11 is 0. The Balaban J connectivity index is 0.000000396. The quantitative estimate of drug-likeness (QED) is 0.656. The van der Waals surface area contributed by atoms with Gasteiger partial charge < -0.3 is 10.1 Å². The summed E-state index contributed by atoms with van der Waals surface area (Å²) < 4.78 is 5.31. The maximum absolute atomic E-state index is 5.31. The van der Waals surface area contributed by atoms with E-state index in [9.17, 15) is 0 Å². The lowest BCUT2D eigenvalue weighted by Gasteiger charge is -2.16. The zero-order chi connectivity index (χ0) is 9.68. The Kier molecular flexibility index (Phi) is 3.38. The molecule has 13 heavy (non-hydrogen) atoms. The lowest BCUT2D eigenvalue weighted by atomic mass is 10.2. The maximum Gasteiger partial charge on any atom is 0.150 e. The van der Waals surface area contributed by atoms with Crippen LogP contribution in [0.3, 0.4) is 0 Å². The van der Waals surface area contributed by atoms with Crippen molar-refractivity contribution < 1.29 is 4.74 Å². The summed E-state index contributed by atoms with van der Waals surface area (Å²) in [7, 11) is 0. The van der Waals surface area contributed by atoms with Gasteiger partial charge in [0.2, 0.25) is 0 Å². The fraction of sp³-hybridized carbons (Fsp3) is 0.273. The molecule has 0 spiro atoms. The number of hydrogen-bond donors (Lipinski definition) is 1. The van der Waals surface area contributed by atoms with E-state index in [4.69, 9.17) is 4.74 Å². The number of benzene rings is 1. The monoisotopic (exact) mass is 177 g/mol. The van der Waals surface area contributed by atoms with Crippen molar-refractivity contribution >= 4 is 5.69 Å². The standard InChI is InChI=1S/C9H9NO.C2H6/c1-7-6-11-9-5-3-2-4-8(9)10-7;1-2/h2-6,10H,1H3;1-2H3. The number of fused-ring (bicyclic) bond motifs is 1. The molecule has 0 saturated carbocycles. The highest BCUT2D eigenvalue weighted by atomic mass is 16.5. The Labute approximate surface area is 79.2 Å². The molecule has 1 aliphatic rings. The zero-order valence-corrected chi connectivity index (χ0v) is 8.29. The molecule has 0 bridgehead atoms. The van der Waals surface area contributed by atoms with Crippen LogP contribution in [0.25, 0.3) is 0 Å². The van der Waals surface area contributed by atoms with Gasteiger partial charge in [0.05, 0.1) is 5.69 Å². The summed E-state index contributed by atoms with van der Waals surface area (Å²) in [5, 5.41) is 3.20. The Morgan fingerprint density at radius 1 is 1.15 bits per heavy atom. The molecular formula is C11H15NO. The second-order valence-electron chi connectivity index (χ2n) is 2.54. The molecule has 0 fully saturated rings. The first kappa shape index (κ1) is 9.65. The van der Waals surface area contributed by atoms with Crippen molar-refractivity contribution in [2.75, 3.05) is 5.32 Å². The molecule has 1 aromatic rings. The molecule has 2 rings (SSSR count). The minimum atomic E-state index is 0.887. The van der Waals surface area contributed by atoms with Crippen LogP contribution >= 0.6 is 0 Å². The van der Waals surface area contributed by atoms with Gasteiger partial charge in [-0.05, 0) is 19.1 Å². The number of nitrogens with one attached hydrogen (secondary N) is 1. The van der Waals surface area contributed by atoms with Gasteiger partial charge in [-0.2, -0.15) is 0 Å². The maximum atomic E-state index is 5.31. The molecule has 1 N–H and O–H groups in total. The highest BCUT2D eigenvalue weighted by molar-refractivity contribution is 5.61. The molecule has 0 radical (unpaired) electrons. The average Bonchev–Trinajstić information content (AvgIpc) is 2.21. The predicted octanol–water partition coefficient (Wildman–Crippen LogP) is 3.38. The number of hydrogen-bond acceptors (Lipinski definition) is 2. The van der Waals surface area contributed by atoms with Crippen LogP contribution in [0.4, 0.5) is 5.69 Å². The largest absolute Gasteiger partial charge is 0.461 e. The molecule has 0 saturated heterocycles. The fourth-order valence-corrected chi connectivity index (χ4v) is 1.07. The SMILES string of the molecule is CC.CC1=COc2ccccc2N1. The minimum absolute atomic E-state index is 0.887. The van der Waals surface area contributed by atoms with Crippen LogP contribution in [0.15, 0.2) is 36.2 Å². The zero-order valence-electron chi connectivity index (χ0n) is 8.29. The van der Waals surface area contributed by atoms with E-state index in [1.54, 1.807) is 6.26 Å². The number of para-hydroxylation sites is 2. The molecule has 1 heterocycles. The van der Waals surface area contributed by atoms with E-state index in [-0.39, 0.29) is 0 Å². The molecular weight excluding hydrogens is 162 g/mol. The van der Waals surface area contributed by atoms with Gasteiger partial charge in [0.15, 0.2) is 0 Å². The Hall–Kier alpha value is -1.44. The van der Waals surface area contributed by atoms with E-state index in [0.29, 0.717) is 0 Å². The van der Waals surface area contributed by atoms with Crippen LogP contribution in [0.5, 0.6) is 5.75 Å². The van der Waals surface area contributed by atoms with Crippen LogP contribution in [0.2, 0.25) is 0 Å². The molecule has 0 unspecified atom stereocenters. The second kappa shape index (κ2) is 4.55. The third-order valence-electron chi connectivity index (χ3n) is 1.58. The molecule has 2 heteroatoms. The number of rotatable bonds is 0. The summed E-state index contributed by atoms with van der Waals surface area (Å²) in [5.41, 5.74) is 2.07. The van der Waals surface area contributed by atoms with Gasteiger partial charge >= 0.3 is 0 Å². The first-order chi connectivity index (χ1) is 6.36. The van der Waals surface area contributed by atoms with Crippen LogP contribution in [-0.4, -0.2) is 0 Å². The third kappa shape index (κ3) is 2.25. The Morgan fingerprint density at radius 3 is 2.62 bits per heavy atom. The van der Waals surface area contributed by atoms with Crippen molar-refractivity contribution in [3.05, 3.63) is 36.2 Å². The predicted molar refractivity (Wildman–Crippen MR) is 55.8 cm³/mol. The number of anilines is 1. The molecule has 0 amide bonds. The molecule has 0 atom stereocenters. The van der Waals surface area contributed by atoms with E-state index in [2.05, 4.69) is 5.32 Å². The number of allylic oxidation sites excluding steroid dienone is 1. The lowest BCUT2D eigenvalue weighted by Crippen LogP contribution is -2.04. The van der Waals surface area contributed by atoms with Crippen LogP contribution in [0.1, 0.15) is 20.8 Å². The highest BCUT2D eigenvalue weighted by Gasteiger charge is 2.06. The third-order valence-corrected chi connectivity index (χ3v) is 1.58. The minimum Gasteiger partial charge on any atom is -0.461 e. The van der Waals surface area contributed by atoms with Gasteiger partial charge in [0, 0.05) is 5.70 Å². The average molecular weight is 177 g/mol. The summed E-state index contributed by atoms with van der Waals surface area (Å²) in [6.07, 6.45) is 1.71. The highest BCUT2D eigenvalue weighted by Crippen LogP contribution is 2.28. The van der Waals surface area contributed by atoms with E-state index in [1.165, 1.54) is 0 Å². The summed E-state index contributed by atoms with van der Waals surface area (Å²) in [4.78, 5) is 0. The van der Waals surface area contributed by atoms with Crippen molar-refractivity contribution in [2.45, 2.75) is 20.8 Å². The van der Waals surface area contributed by atoms with Gasteiger partial charge in [-0.25, -0.2) is 0 Å². The van der Waals surface area contributed by atoms with Crippen LogP contribution < -0.4 is 10.1 Å². The summed E-state index contributed by atoms with van der Waals surface area (Å²) in [5.74, 6) is 0.887. The van der Waals surface area contributed by atoms with Gasteiger partial charge in [-0.3, -0.25) is 0 Å². The Morgan fingerprint density at radius 2 is 1.85 bits per heavy atom. The smallest absolute Gasteiger partial charge is 0.150 e. The first-order valence-corrected chi connectivity index (χ1v) is 4.56. The van der Waals surface area contributed by atoms with Crippen LogP contribution in [-0.2, 0) is 0 Å². The summed E-state index contributed by atoms with van der Waals surface area (Å²) in [6, 6.07) is 7.86. The molecule has 2 nitrogen and oxygen atoms in total. The molecule has 1 aliphatic heterocycles. The van der Waals surface area contributed by atoms with Crippen LogP contribution in [0, 0.1) is 0 Å². The molecule has 0 aromatic heterocycles. The van der Waals surface area contributed by atoms with Crippen molar-refractivity contribution in [3.63, 3.8) is 0 Å². The van der Waals surface area contributed by atoms with E-state index in [1.807, 2.05) is 45.0 Å². The van der Waals surface area contributed by atoms with E-state index < -0.39 is 0 Å². The number of ether oxygens (including phenoxy) is 1.